The first-order chi connectivity index (χ1) is 11.4. The standard InChI is InChI=1S/C14H13F6IO4/c1-2-23-11(22)5-8-3-9(24-6-13(15,16)17)12(21)10(4-8)25-7-14(18,19)20/h3-4H,2,5-7H2,1H3. The zero-order valence-corrected chi connectivity index (χ0v) is 14.9. The van der Waals surface area contributed by atoms with Gasteiger partial charge in [0.15, 0.2) is 13.2 Å². The lowest BCUT2D eigenvalue weighted by molar-refractivity contribution is -0.154. The van der Waals surface area contributed by atoms with E-state index in [1.54, 1.807) is 6.92 Å². The lowest BCUT2D eigenvalue weighted by Crippen LogP contribution is -2.21. The van der Waals surface area contributed by atoms with Crippen molar-refractivity contribution in [3.63, 3.8) is 0 Å². The fraction of sp³-hybridized carbons (Fsp3) is 0.500. The number of alkyl halides is 6. The van der Waals surface area contributed by atoms with Gasteiger partial charge in [0.05, 0.1) is 16.6 Å². The highest BCUT2D eigenvalue weighted by Gasteiger charge is 2.31. The Morgan fingerprint density at radius 3 is 1.80 bits per heavy atom. The zero-order valence-electron chi connectivity index (χ0n) is 12.8. The molecule has 142 valence electrons. The molecule has 0 aromatic heterocycles. The molecule has 0 aliphatic carbocycles. The molecular weight excluding hydrogens is 473 g/mol. The second-order valence-electron chi connectivity index (χ2n) is 4.70. The first-order valence-electron chi connectivity index (χ1n) is 6.78. The number of carbonyl (C=O) groups is 1. The molecule has 0 unspecified atom stereocenters. The second kappa shape index (κ2) is 8.81. The van der Waals surface area contributed by atoms with Crippen LogP contribution in [0.3, 0.4) is 0 Å². The molecule has 0 bridgehead atoms. The van der Waals surface area contributed by atoms with Crippen molar-refractivity contribution >= 4 is 28.6 Å². The molecule has 1 rings (SSSR count). The predicted octanol–water partition coefficient (Wildman–Crippen LogP) is 4.28. The van der Waals surface area contributed by atoms with E-state index in [2.05, 4.69) is 9.47 Å². The molecule has 1 aromatic carbocycles. The lowest BCUT2D eigenvalue weighted by atomic mass is 10.1. The van der Waals surface area contributed by atoms with Gasteiger partial charge in [-0.1, -0.05) is 0 Å². The van der Waals surface area contributed by atoms with Crippen LogP contribution in [0.25, 0.3) is 0 Å². The van der Waals surface area contributed by atoms with E-state index in [4.69, 9.17) is 4.74 Å². The molecule has 0 saturated heterocycles. The second-order valence-corrected chi connectivity index (χ2v) is 5.77. The van der Waals surface area contributed by atoms with Gasteiger partial charge in [0.2, 0.25) is 0 Å². The largest absolute Gasteiger partial charge is 0.483 e. The van der Waals surface area contributed by atoms with Crippen LogP contribution in [-0.2, 0) is 16.0 Å². The van der Waals surface area contributed by atoms with Crippen molar-refractivity contribution in [2.24, 2.45) is 0 Å². The normalized spacial score (nSPS) is 12.0. The van der Waals surface area contributed by atoms with Crippen molar-refractivity contribution in [1.29, 1.82) is 0 Å². The summed E-state index contributed by atoms with van der Waals surface area (Å²) in [5.41, 5.74) is 0.105. The highest BCUT2D eigenvalue weighted by Crippen LogP contribution is 2.34. The van der Waals surface area contributed by atoms with Crippen molar-refractivity contribution in [3.05, 3.63) is 21.3 Å². The van der Waals surface area contributed by atoms with Crippen LogP contribution in [0.15, 0.2) is 12.1 Å². The van der Waals surface area contributed by atoms with Crippen molar-refractivity contribution in [2.75, 3.05) is 19.8 Å². The summed E-state index contributed by atoms with van der Waals surface area (Å²) in [6, 6.07) is 2.26. The molecule has 25 heavy (non-hydrogen) atoms. The van der Waals surface area contributed by atoms with Gasteiger partial charge in [0.25, 0.3) is 0 Å². The third-order valence-electron chi connectivity index (χ3n) is 2.50. The van der Waals surface area contributed by atoms with E-state index in [0.29, 0.717) is 0 Å². The molecule has 0 aliphatic heterocycles. The summed E-state index contributed by atoms with van der Waals surface area (Å²) in [7, 11) is 0. The maximum atomic E-state index is 12.3. The van der Waals surface area contributed by atoms with Crippen LogP contribution in [0.2, 0.25) is 0 Å². The zero-order chi connectivity index (χ0) is 19.3. The Morgan fingerprint density at radius 2 is 1.44 bits per heavy atom. The van der Waals surface area contributed by atoms with E-state index < -0.39 is 31.5 Å². The fourth-order valence-corrected chi connectivity index (χ4v) is 2.26. The number of carbonyl (C=O) groups excluding carboxylic acids is 1. The van der Waals surface area contributed by atoms with Gasteiger partial charge in [-0.2, -0.15) is 26.3 Å². The summed E-state index contributed by atoms with van der Waals surface area (Å²) < 4.78 is 87.7. The maximum absolute atomic E-state index is 12.3. The molecule has 0 heterocycles. The van der Waals surface area contributed by atoms with Crippen LogP contribution in [0.1, 0.15) is 12.5 Å². The number of benzene rings is 1. The molecule has 0 spiro atoms. The lowest BCUT2D eigenvalue weighted by Gasteiger charge is -2.16. The summed E-state index contributed by atoms with van der Waals surface area (Å²) in [6.07, 6.45) is -9.62. The van der Waals surface area contributed by atoms with Crippen LogP contribution in [0.5, 0.6) is 11.5 Å². The Morgan fingerprint density at radius 1 is 1.00 bits per heavy atom. The van der Waals surface area contributed by atoms with E-state index in [1.165, 1.54) is 22.6 Å². The third kappa shape index (κ3) is 8.50. The quantitative estimate of drug-likeness (QED) is 0.328. The molecule has 0 saturated carbocycles. The number of rotatable bonds is 7. The van der Waals surface area contributed by atoms with Gasteiger partial charge in [0.1, 0.15) is 11.5 Å². The first-order valence-corrected chi connectivity index (χ1v) is 7.86. The highest BCUT2D eigenvalue weighted by molar-refractivity contribution is 14.1. The Bertz CT molecular complexity index is 561. The summed E-state index contributed by atoms with van der Waals surface area (Å²) in [5, 5.41) is 0. The molecular formula is C14H13F6IO4. The number of hydrogen-bond acceptors (Lipinski definition) is 4. The van der Waals surface area contributed by atoms with Crippen molar-refractivity contribution in [3.8, 4) is 11.5 Å². The van der Waals surface area contributed by atoms with Gasteiger partial charge < -0.3 is 14.2 Å². The van der Waals surface area contributed by atoms with Crippen molar-refractivity contribution < 1.29 is 45.3 Å². The van der Waals surface area contributed by atoms with Gasteiger partial charge in [0, 0.05) is 0 Å². The molecule has 1 aromatic rings. The molecule has 11 heteroatoms. The molecule has 4 nitrogen and oxygen atoms in total. The smallest absolute Gasteiger partial charge is 0.422 e. The minimum Gasteiger partial charge on any atom is -0.483 e. The molecule has 0 radical (unpaired) electrons. The summed E-state index contributed by atoms with van der Waals surface area (Å²) in [6.45, 7) is -1.63. The first kappa shape index (κ1) is 21.6. The third-order valence-corrected chi connectivity index (χ3v) is 3.57. The fourth-order valence-electron chi connectivity index (χ4n) is 1.64. The SMILES string of the molecule is CCOC(=O)Cc1cc(OCC(F)(F)F)c(I)c(OCC(F)(F)F)c1. The maximum Gasteiger partial charge on any atom is 0.422 e. The average Bonchev–Trinajstić information content (AvgIpc) is 2.44. The van der Waals surface area contributed by atoms with Gasteiger partial charge >= 0.3 is 18.3 Å². The Labute approximate surface area is 152 Å². The molecule has 0 fully saturated rings. The number of halogens is 7. The van der Waals surface area contributed by atoms with Gasteiger partial charge in [-0.3, -0.25) is 4.79 Å². The monoisotopic (exact) mass is 486 g/mol. The number of ether oxygens (including phenoxy) is 3. The molecule has 0 N–H and O–H groups in total. The number of hydrogen-bond donors (Lipinski definition) is 0. The van der Waals surface area contributed by atoms with Gasteiger partial charge in [-0.25, -0.2) is 0 Å². The minimum absolute atomic E-state index is 0.0706. The van der Waals surface area contributed by atoms with Crippen LogP contribution < -0.4 is 9.47 Å². The van der Waals surface area contributed by atoms with E-state index >= 15 is 0 Å². The molecule has 0 atom stereocenters. The highest BCUT2D eigenvalue weighted by atomic mass is 127. The summed E-state index contributed by atoms with van der Waals surface area (Å²) in [5.74, 6) is -1.36. The topological polar surface area (TPSA) is 44.8 Å². The van der Waals surface area contributed by atoms with Crippen LogP contribution in [0, 0.1) is 3.57 Å². The van der Waals surface area contributed by atoms with Crippen LogP contribution in [-0.4, -0.2) is 38.1 Å². The Hall–Kier alpha value is -1.40. The summed E-state index contributed by atoms with van der Waals surface area (Å²) >= 11 is 1.51. The molecule has 0 aliphatic rings. The predicted molar refractivity (Wildman–Crippen MR) is 82.6 cm³/mol. The van der Waals surface area contributed by atoms with Crippen LogP contribution >= 0.6 is 22.6 Å². The summed E-state index contributed by atoms with van der Waals surface area (Å²) in [4.78, 5) is 11.5. The van der Waals surface area contributed by atoms with E-state index in [9.17, 15) is 31.1 Å². The van der Waals surface area contributed by atoms with Gasteiger partial charge in [-0.05, 0) is 47.2 Å². The molecule has 0 amide bonds. The number of esters is 1. The average molecular weight is 486 g/mol. The Kier molecular flexibility index (Phi) is 7.62. The van der Waals surface area contributed by atoms with Gasteiger partial charge in [-0.15, -0.1) is 0 Å². The van der Waals surface area contributed by atoms with Crippen molar-refractivity contribution in [2.45, 2.75) is 25.7 Å². The Balaban J connectivity index is 3.09. The van der Waals surface area contributed by atoms with E-state index in [1.807, 2.05) is 0 Å². The van der Waals surface area contributed by atoms with E-state index in [0.717, 1.165) is 12.1 Å². The van der Waals surface area contributed by atoms with E-state index in [-0.39, 0.29) is 33.7 Å². The van der Waals surface area contributed by atoms with Crippen molar-refractivity contribution in [1.82, 2.24) is 0 Å². The van der Waals surface area contributed by atoms with Crippen LogP contribution in [0.4, 0.5) is 26.3 Å². The minimum atomic E-state index is -4.63.